The maximum Gasteiger partial charge on any atom is 0.211 e. The molecule has 0 unspecified atom stereocenters. The molecule has 16 heavy (non-hydrogen) atoms. The molecule has 0 saturated carbocycles. The third-order valence-corrected chi connectivity index (χ3v) is 3.89. The van der Waals surface area contributed by atoms with E-state index in [1.807, 2.05) is 44.2 Å². The average molecular weight is 241 g/mol. The van der Waals surface area contributed by atoms with Crippen molar-refractivity contribution in [1.29, 1.82) is 0 Å². The largest absolute Gasteiger partial charge is 0.212 e. The molecule has 0 aliphatic carbocycles. The van der Waals surface area contributed by atoms with Crippen molar-refractivity contribution in [2.24, 2.45) is 5.92 Å². The molecule has 0 bridgehead atoms. The number of benzene rings is 1. The molecule has 1 N–H and O–H groups in total. The van der Waals surface area contributed by atoms with Crippen LogP contribution in [0.15, 0.2) is 30.3 Å². The Bertz CT molecular complexity index is 412. The number of sulfonamides is 1. The van der Waals surface area contributed by atoms with Crippen molar-refractivity contribution in [3.63, 3.8) is 0 Å². The molecule has 1 aromatic rings. The minimum Gasteiger partial charge on any atom is -0.212 e. The summed E-state index contributed by atoms with van der Waals surface area (Å²) < 4.78 is 25.9. The standard InChI is InChI=1S/C12H19NO2S/c1-4-16(14,15)13-12(10(2)3)11-8-6-5-7-9-11/h5-10,12-13H,4H2,1-3H3/t12-/m1/s1. The van der Waals surface area contributed by atoms with E-state index in [0.29, 0.717) is 0 Å². The molecule has 0 aliphatic rings. The van der Waals surface area contributed by atoms with Crippen LogP contribution in [-0.4, -0.2) is 14.2 Å². The first-order valence-electron chi connectivity index (χ1n) is 5.51. The van der Waals surface area contributed by atoms with E-state index < -0.39 is 10.0 Å². The molecule has 1 atom stereocenters. The molecule has 1 aromatic carbocycles. The quantitative estimate of drug-likeness (QED) is 0.860. The number of hydrogen-bond donors (Lipinski definition) is 1. The second-order valence-corrected chi connectivity index (χ2v) is 6.20. The Morgan fingerprint density at radius 3 is 2.19 bits per heavy atom. The van der Waals surface area contributed by atoms with E-state index in [2.05, 4.69) is 4.72 Å². The molecule has 0 radical (unpaired) electrons. The van der Waals surface area contributed by atoms with Crippen molar-refractivity contribution < 1.29 is 8.42 Å². The maximum absolute atomic E-state index is 11.6. The van der Waals surface area contributed by atoms with Gasteiger partial charge in [0.1, 0.15) is 0 Å². The van der Waals surface area contributed by atoms with Gasteiger partial charge >= 0.3 is 0 Å². The lowest BCUT2D eigenvalue weighted by atomic mass is 9.97. The third-order valence-electron chi connectivity index (χ3n) is 2.51. The van der Waals surface area contributed by atoms with Gasteiger partial charge in [0, 0.05) is 6.04 Å². The molecule has 0 amide bonds. The highest BCUT2D eigenvalue weighted by atomic mass is 32.2. The predicted molar refractivity (Wildman–Crippen MR) is 66.6 cm³/mol. The monoisotopic (exact) mass is 241 g/mol. The molecule has 0 heterocycles. The topological polar surface area (TPSA) is 46.2 Å². The summed E-state index contributed by atoms with van der Waals surface area (Å²) >= 11 is 0. The maximum atomic E-state index is 11.6. The summed E-state index contributed by atoms with van der Waals surface area (Å²) in [5, 5.41) is 0. The molecule has 1 rings (SSSR count). The van der Waals surface area contributed by atoms with Gasteiger partial charge in [-0.3, -0.25) is 0 Å². The lowest BCUT2D eigenvalue weighted by molar-refractivity contribution is 0.463. The van der Waals surface area contributed by atoms with Gasteiger partial charge in [0.05, 0.1) is 5.75 Å². The fraction of sp³-hybridized carbons (Fsp3) is 0.500. The van der Waals surface area contributed by atoms with E-state index in [4.69, 9.17) is 0 Å². The molecular weight excluding hydrogens is 222 g/mol. The Morgan fingerprint density at radius 2 is 1.75 bits per heavy atom. The van der Waals surface area contributed by atoms with Crippen molar-refractivity contribution in [3.05, 3.63) is 35.9 Å². The lowest BCUT2D eigenvalue weighted by Gasteiger charge is -2.22. The van der Waals surface area contributed by atoms with Gasteiger partial charge in [0.2, 0.25) is 10.0 Å². The van der Waals surface area contributed by atoms with Crippen molar-refractivity contribution in [2.75, 3.05) is 5.75 Å². The van der Waals surface area contributed by atoms with Gasteiger partial charge in [0.25, 0.3) is 0 Å². The second-order valence-electron chi connectivity index (χ2n) is 4.15. The van der Waals surface area contributed by atoms with Crippen molar-refractivity contribution in [2.45, 2.75) is 26.8 Å². The van der Waals surface area contributed by atoms with Gasteiger partial charge in [-0.25, -0.2) is 13.1 Å². The Labute approximate surface area is 97.9 Å². The summed E-state index contributed by atoms with van der Waals surface area (Å²) in [6.07, 6.45) is 0. The Kier molecular flexibility index (Phi) is 4.50. The summed E-state index contributed by atoms with van der Waals surface area (Å²) in [5.74, 6) is 0.340. The molecular formula is C12H19NO2S. The fourth-order valence-corrected chi connectivity index (χ4v) is 2.49. The van der Waals surface area contributed by atoms with Crippen molar-refractivity contribution in [1.82, 2.24) is 4.72 Å². The zero-order chi connectivity index (χ0) is 12.2. The van der Waals surface area contributed by atoms with E-state index in [1.165, 1.54) is 0 Å². The molecule has 0 aromatic heterocycles. The fourth-order valence-electron chi connectivity index (χ4n) is 1.53. The van der Waals surface area contributed by atoms with Crippen LogP contribution in [0.2, 0.25) is 0 Å². The van der Waals surface area contributed by atoms with Gasteiger partial charge in [0.15, 0.2) is 0 Å². The van der Waals surface area contributed by atoms with Gasteiger partial charge in [-0.2, -0.15) is 0 Å². The van der Waals surface area contributed by atoms with Crippen LogP contribution in [0, 0.1) is 5.92 Å². The average Bonchev–Trinajstić information content (AvgIpc) is 2.27. The molecule has 0 spiro atoms. The molecule has 90 valence electrons. The van der Waals surface area contributed by atoms with Gasteiger partial charge < -0.3 is 0 Å². The zero-order valence-corrected chi connectivity index (χ0v) is 10.8. The van der Waals surface area contributed by atoms with Crippen molar-refractivity contribution >= 4 is 10.0 Å². The first-order valence-corrected chi connectivity index (χ1v) is 7.16. The van der Waals surface area contributed by atoms with Gasteiger partial charge in [-0.15, -0.1) is 0 Å². The SMILES string of the molecule is CCS(=O)(=O)N[C@@H](c1ccccc1)C(C)C. The minimum absolute atomic E-state index is 0.114. The van der Waals surface area contributed by atoms with Crippen LogP contribution in [0.1, 0.15) is 32.4 Å². The van der Waals surface area contributed by atoms with E-state index >= 15 is 0 Å². The second kappa shape index (κ2) is 5.46. The summed E-state index contributed by atoms with van der Waals surface area (Å²) in [5.41, 5.74) is 1.01. The van der Waals surface area contributed by atoms with Gasteiger partial charge in [-0.05, 0) is 18.4 Å². The first kappa shape index (κ1) is 13.2. The van der Waals surface area contributed by atoms with Crippen LogP contribution < -0.4 is 4.72 Å². The number of hydrogen-bond acceptors (Lipinski definition) is 2. The number of rotatable bonds is 5. The Hall–Kier alpha value is -0.870. The van der Waals surface area contributed by atoms with Crippen LogP contribution >= 0.6 is 0 Å². The van der Waals surface area contributed by atoms with E-state index in [1.54, 1.807) is 6.92 Å². The zero-order valence-electron chi connectivity index (χ0n) is 9.97. The van der Waals surface area contributed by atoms with E-state index in [-0.39, 0.29) is 17.7 Å². The Balaban J connectivity index is 2.94. The molecule has 0 fully saturated rings. The summed E-state index contributed by atoms with van der Waals surface area (Å²) in [6.45, 7) is 5.66. The van der Waals surface area contributed by atoms with E-state index in [0.717, 1.165) is 5.56 Å². The molecule has 0 aliphatic heterocycles. The van der Waals surface area contributed by atoms with Crippen LogP contribution in [-0.2, 0) is 10.0 Å². The molecule has 3 nitrogen and oxygen atoms in total. The van der Waals surface area contributed by atoms with Crippen LogP contribution in [0.4, 0.5) is 0 Å². The lowest BCUT2D eigenvalue weighted by Crippen LogP contribution is -2.32. The smallest absolute Gasteiger partial charge is 0.211 e. The van der Waals surface area contributed by atoms with Crippen LogP contribution in [0.3, 0.4) is 0 Å². The summed E-state index contributed by atoms with van der Waals surface area (Å²) in [6, 6.07) is 9.52. The first-order chi connectivity index (χ1) is 7.46. The van der Waals surface area contributed by atoms with Crippen molar-refractivity contribution in [3.8, 4) is 0 Å². The normalized spacial score (nSPS) is 14.0. The summed E-state index contributed by atoms with van der Waals surface area (Å²) in [4.78, 5) is 0. The summed E-state index contributed by atoms with van der Waals surface area (Å²) in [7, 11) is -3.16. The van der Waals surface area contributed by atoms with E-state index in [9.17, 15) is 8.42 Å². The molecule has 4 heteroatoms. The minimum atomic E-state index is -3.16. The highest BCUT2D eigenvalue weighted by molar-refractivity contribution is 7.89. The number of nitrogens with one attached hydrogen (secondary N) is 1. The van der Waals surface area contributed by atoms with Gasteiger partial charge in [-0.1, -0.05) is 44.2 Å². The molecule has 0 saturated heterocycles. The predicted octanol–water partition coefficient (Wildman–Crippen LogP) is 2.32. The van der Waals surface area contributed by atoms with Crippen LogP contribution in [0.25, 0.3) is 0 Å². The van der Waals surface area contributed by atoms with Crippen LogP contribution in [0.5, 0.6) is 0 Å². The highest BCUT2D eigenvalue weighted by Crippen LogP contribution is 2.22. The Morgan fingerprint density at radius 1 is 1.19 bits per heavy atom. The third kappa shape index (κ3) is 3.61. The highest BCUT2D eigenvalue weighted by Gasteiger charge is 2.20.